The number of hydrogen-bond acceptors (Lipinski definition) is 3. The van der Waals surface area contributed by atoms with Gasteiger partial charge in [-0.1, -0.05) is 35.9 Å². The molecule has 0 amide bonds. The monoisotopic (exact) mass is 271 g/mol. The third kappa shape index (κ3) is 3.52. The second-order valence-electron chi connectivity index (χ2n) is 4.97. The molecule has 0 radical (unpaired) electrons. The molecule has 2 rings (SSSR count). The Morgan fingerprint density at radius 2 is 1.95 bits per heavy atom. The number of ether oxygens (including phenoxy) is 2. The summed E-state index contributed by atoms with van der Waals surface area (Å²) in [5.41, 5.74) is 9.33. The predicted molar refractivity (Wildman–Crippen MR) is 81.1 cm³/mol. The fraction of sp³-hybridized carbons (Fsp3) is 0.294. The molecule has 0 spiro atoms. The van der Waals surface area contributed by atoms with Gasteiger partial charge in [0.1, 0.15) is 18.1 Å². The summed E-state index contributed by atoms with van der Waals surface area (Å²) in [5.74, 6) is 1.55. The van der Waals surface area contributed by atoms with Crippen molar-refractivity contribution in [3.8, 4) is 11.5 Å². The molecule has 0 aromatic heterocycles. The topological polar surface area (TPSA) is 44.5 Å². The van der Waals surface area contributed by atoms with Gasteiger partial charge in [0.05, 0.1) is 7.11 Å². The highest BCUT2D eigenvalue weighted by molar-refractivity contribution is 5.42. The quantitative estimate of drug-likeness (QED) is 0.903. The third-order valence-electron chi connectivity index (χ3n) is 3.19. The molecule has 2 N–H and O–H groups in total. The molecule has 1 atom stereocenters. The number of benzene rings is 2. The summed E-state index contributed by atoms with van der Waals surface area (Å²) in [4.78, 5) is 0. The molecule has 0 bridgehead atoms. The lowest BCUT2D eigenvalue weighted by Gasteiger charge is -2.15. The fourth-order valence-corrected chi connectivity index (χ4v) is 2.11. The number of rotatable bonds is 5. The number of hydrogen-bond donors (Lipinski definition) is 1. The third-order valence-corrected chi connectivity index (χ3v) is 3.19. The van der Waals surface area contributed by atoms with E-state index in [2.05, 4.69) is 25.1 Å². The first-order valence-corrected chi connectivity index (χ1v) is 6.72. The first kappa shape index (κ1) is 14.4. The van der Waals surface area contributed by atoms with Gasteiger partial charge in [-0.3, -0.25) is 0 Å². The van der Waals surface area contributed by atoms with Crippen LogP contribution in [0, 0.1) is 6.92 Å². The van der Waals surface area contributed by atoms with Crippen LogP contribution in [-0.2, 0) is 6.61 Å². The first-order chi connectivity index (χ1) is 9.60. The molecular weight excluding hydrogens is 250 g/mol. The van der Waals surface area contributed by atoms with Crippen molar-refractivity contribution in [1.82, 2.24) is 0 Å². The van der Waals surface area contributed by atoms with Gasteiger partial charge in [-0.05, 0) is 25.5 Å². The van der Waals surface area contributed by atoms with E-state index in [1.807, 2.05) is 31.2 Å². The van der Waals surface area contributed by atoms with E-state index >= 15 is 0 Å². The lowest BCUT2D eigenvalue weighted by molar-refractivity contribution is 0.299. The molecule has 0 aliphatic heterocycles. The molecular formula is C17H21NO2. The van der Waals surface area contributed by atoms with Gasteiger partial charge in [0.25, 0.3) is 0 Å². The Morgan fingerprint density at radius 1 is 1.15 bits per heavy atom. The molecule has 0 heterocycles. The molecule has 2 aromatic carbocycles. The first-order valence-electron chi connectivity index (χ1n) is 6.72. The van der Waals surface area contributed by atoms with Crippen LogP contribution >= 0.6 is 0 Å². The van der Waals surface area contributed by atoms with Crippen molar-refractivity contribution in [2.45, 2.75) is 26.5 Å². The maximum atomic E-state index is 5.98. The lowest BCUT2D eigenvalue weighted by atomic mass is 10.1. The van der Waals surface area contributed by atoms with Gasteiger partial charge in [0.15, 0.2) is 0 Å². The molecule has 106 valence electrons. The Kier molecular flexibility index (Phi) is 4.64. The molecule has 3 heteroatoms. The zero-order chi connectivity index (χ0) is 14.5. The van der Waals surface area contributed by atoms with Crippen LogP contribution in [-0.4, -0.2) is 7.11 Å². The zero-order valence-electron chi connectivity index (χ0n) is 12.2. The maximum Gasteiger partial charge on any atom is 0.128 e. The average Bonchev–Trinajstić information content (AvgIpc) is 2.44. The van der Waals surface area contributed by atoms with E-state index < -0.39 is 0 Å². The SMILES string of the molecule is COc1ccc(C(C)N)c(OCc2cccc(C)c2)c1. The van der Waals surface area contributed by atoms with Crippen LogP contribution in [0.25, 0.3) is 0 Å². The highest BCUT2D eigenvalue weighted by atomic mass is 16.5. The van der Waals surface area contributed by atoms with Crippen molar-refractivity contribution in [3.05, 3.63) is 59.2 Å². The highest BCUT2D eigenvalue weighted by Crippen LogP contribution is 2.29. The van der Waals surface area contributed by atoms with Gasteiger partial charge in [-0.15, -0.1) is 0 Å². The van der Waals surface area contributed by atoms with Crippen LogP contribution in [0.2, 0.25) is 0 Å². The lowest BCUT2D eigenvalue weighted by Crippen LogP contribution is -2.08. The second-order valence-corrected chi connectivity index (χ2v) is 4.97. The summed E-state index contributed by atoms with van der Waals surface area (Å²) in [7, 11) is 1.64. The van der Waals surface area contributed by atoms with Gasteiger partial charge < -0.3 is 15.2 Å². The Labute approximate surface area is 120 Å². The van der Waals surface area contributed by atoms with E-state index in [4.69, 9.17) is 15.2 Å². The van der Waals surface area contributed by atoms with E-state index in [0.29, 0.717) is 6.61 Å². The largest absolute Gasteiger partial charge is 0.497 e. The van der Waals surface area contributed by atoms with Crippen LogP contribution in [0.3, 0.4) is 0 Å². The van der Waals surface area contributed by atoms with Crippen molar-refractivity contribution >= 4 is 0 Å². The van der Waals surface area contributed by atoms with E-state index in [1.54, 1.807) is 7.11 Å². The minimum atomic E-state index is -0.0755. The minimum Gasteiger partial charge on any atom is -0.497 e. The maximum absolute atomic E-state index is 5.98. The van der Waals surface area contributed by atoms with Crippen molar-refractivity contribution < 1.29 is 9.47 Å². The fourth-order valence-electron chi connectivity index (χ4n) is 2.11. The number of methoxy groups -OCH3 is 1. The number of nitrogens with two attached hydrogens (primary N) is 1. The molecule has 0 aliphatic carbocycles. The molecule has 0 fully saturated rings. The Hall–Kier alpha value is -2.00. The molecule has 2 aromatic rings. The Balaban J connectivity index is 2.19. The molecule has 3 nitrogen and oxygen atoms in total. The molecule has 1 unspecified atom stereocenters. The van der Waals surface area contributed by atoms with Crippen LogP contribution in [0.4, 0.5) is 0 Å². The minimum absolute atomic E-state index is 0.0755. The van der Waals surface area contributed by atoms with E-state index in [0.717, 1.165) is 22.6 Å². The van der Waals surface area contributed by atoms with Crippen LogP contribution in [0.5, 0.6) is 11.5 Å². The van der Waals surface area contributed by atoms with E-state index in [1.165, 1.54) is 5.56 Å². The van der Waals surface area contributed by atoms with Crippen LogP contribution < -0.4 is 15.2 Å². The Bertz CT molecular complexity index is 579. The van der Waals surface area contributed by atoms with Gasteiger partial charge in [-0.25, -0.2) is 0 Å². The summed E-state index contributed by atoms with van der Waals surface area (Å²) in [6.45, 7) is 4.54. The van der Waals surface area contributed by atoms with Gasteiger partial charge >= 0.3 is 0 Å². The summed E-state index contributed by atoms with van der Waals surface area (Å²) < 4.78 is 11.2. The average molecular weight is 271 g/mol. The summed E-state index contributed by atoms with van der Waals surface area (Å²) in [6.07, 6.45) is 0. The van der Waals surface area contributed by atoms with Crippen molar-refractivity contribution in [1.29, 1.82) is 0 Å². The van der Waals surface area contributed by atoms with Crippen molar-refractivity contribution in [3.63, 3.8) is 0 Å². The number of aryl methyl sites for hydroxylation is 1. The van der Waals surface area contributed by atoms with E-state index in [-0.39, 0.29) is 6.04 Å². The predicted octanol–water partition coefficient (Wildman–Crippen LogP) is 3.60. The molecule has 0 saturated carbocycles. The summed E-state index contributed by atoms with van der Waals surface area (Å²) in [5, 5.41) is 0. The van der Waals surface area contributed by atoms with Crippen molar-refractivity contribution in [2.24, 2.45) is 5.73 Å². The normalized spacial score (nSPS) is 12.0. The summed E-state index contributed by atoms with van der Waals surface area (Å²) in [6, 6.07) is 13.9. The van der Waals surface area contributed by atoms with E-state index in [9.17, 15) is 0 Å². The highest BCUT2D eigenvalue weighted by Gasteiger charge is 2.10. The molecule has 0 aliphatic rings. The standard InChI is InChI=1S/C17H21NO2/c1-12-5-4-6-14(9-12)11-20-17-10-15(19-3)7-8-16(17)13(2)18/h4-10,13H,11,18H2,1-3H3. The van der Waals surface area contributed by atoms with Gasteiger partial charge in [0.2, 0.25) is 0 Å². The zero-order valence-corrected chi connectivity index (χ0v) is 12.2. The van der Waals surface area contributed by atoms with Crippen molar-refractivity contribution in [2.75, 3.05) is 7.11 Å². The summed E-state index contributed by atoms with van der Waals surface area (Å²) >= 11 is 0. The molecule has 20 heavy (non-hydrogen) atoms. The second kappa shape index (κ2) is 6.44. The van der Waals surface area contributed by atoms with Crippen LogP contribution in [0.15, 0.2) is 42.5 Å². The molecule has 0 saturated heterocycles. The van der Waals surface area contributed by atoms with Gasteiger partial charge in [-0.2, -0.15) is 0 Å². The van der Waals surface area contributed by atoms with Crippen LogP contribution in [0.1, 0.15) is 29.7 Å². The van der Waals surface area contributed by atoms with Gasteiger partial charge in [0, 0.05) is 17.7 Å². The smallest absolute Gasteiger partial charge is 0.128 e. The Morgan fingerprint density at radius 3 is 2.60 bits per heavy atom.